The van der Waals surface area contributed by atoms with Crippen LogP contribution in [-0.4, -0.2) is 32.1 Å². The standard InChI is InChI=1S/C21H22BrN5OS/c1-4-27-20(16-10-8-14(2)9-11-16)25-26-21(27)29-13-19(28)24-23-15(3)17-6-5-7-18(22)12-17/h5-12H,4,13H2,1-3H3,(H,24,28)/b23-15+. The Bertz CT molecular complexity index is 1030. The Morgan fingerprint density at radius 1 is 1.21 bits per heavy atom. The molecule has 1 aromatic heterocycles. The van der Waals surface area contributed by atoms with Crippen LogP contribution in [0.1, 0.15) is 25.0 Å². The number of carbonyl (C=O) groups is 1. The molecule has 3 rings (SSSR count). The summed E-state index contributed by atoms with van der Waals surface area (Å²) in [6, 6.07) is 15.9. The van der Waals surface area contributed by atoms with Gasteiger partial charge in [-0.05, 0) is 38.5 Å². The third kappa shape index (κ3) is 5.55. The van der Waals surface area contributed by atoms with E-state index in [2.05, 4.69) is 55.7 Å². The molecule has 1 amide bonds. The van der Waals surface area contributed by atoms with Gasteiger partial charge in [0, 0.05) is 16.6 Å². The van der Waals surface area contributed by atoms with Gasteiger partial charge in [0.25, 0.3) is 5.91 Å². The van der Waals surface area contributed by atoms with Crippen molar-refractivity contribution in [1.29, 1.82) is 0 Å². The lowest BCUT2D eigenvalue weighted by Crippen LogP contribution is -2.21. The van der Waals surface area contributed by atoms with Crippen LogP contribution < -0.4 is 5.43 Å². The second kappa shape index (κ2) is 9.84. The molecule has 0 unspecified atom stereocenters. The molecule has 1 N–H and O–H groups in total. The number of amides is 1. The van der Waals surface area contributed by atoms with E-state index in [4.69, 9.17) is 0 Å². The highest BCUT2D eigenvalue weighted by Crippen LogP contribution is 2.24. The van der Waals surface area contributed by atoms with Gasteiger partial charge >= 0.3 is 0 Å². The number of rotatable bonds is 7. The summed E-state index contributed by atoms with van der Waals surface area (Å²) in [6.07, 6.45) is 0. The highest BCUT2D eigenvalue weighted by atomic mass is 79.9. The van der Waals surface area contributed by atoms with E-state index in [0.717, 1.165) is 33.7 Å². The van der Waals surface area contributed by atoms with Crippen molar-refractivity contribution in [2.75, 3.05) is 5.75 Å². The topological polar surface area (TPSA) is 72.2 Å². The lowest BCUT2D eigenvalue weighted by Gasteiger charge is -2.07. The lowest BCUT2D eigenvalue weighted by molar-refractivity contribution is -0.118. The van der Waals surface area contributed by atoms with Crippen LogP contribution in [0.15, 0.2) is 63.3 Å². The van der Waals surface area contributed by atoms with Crippen LogP contribution in [0.3, 0.4) is 0 Å². The van der Waals surface area contributed by atoms with E-state index in [1.165, 1.54) is 17.3 Å². The number of hydrogen-bond acceptors (Lipinski definition) is 5. The van der Waals surface area contributed by atoms with E-state index in [1.54, 1.807) is 0 Å². The van der Waals surface area contributed by atoms with Crippen LogP contribution >= 0.6 is 27.7 Å². The van der Waals surface area contributed by atoms with Crippen LogP contribution in [0.4, 0.5) is 0 Å². The Morgan fingerprint density at radius 2 is 1.97 bits per heavy atom. The first-order chi connectivity index (χ1) is 14.0. The minimum Gasteiger partial charge on any atom is -0.302 e. The van der Waals surface area contributed by atoms with Gasteiger partial charge in [-0.2, -0.15) is 5.10 Å². The van der Waals surface area contributed by atoms with Gasteiger partial charge in [0.2, 0.25) is 0 Å². The molecule has 150 valence electrons. The Labute approximate surface area is 182 Å². The van der Waals surface area contributed by atoms with Gasteiger partial charge in [-0.3, -0.25) is 4.79 Å². The molecule has 2 aromatic carbocycles. The van der Waals surface area contributed by atoms with Crippen LogP contribution in [0.5, 0.6) is 0 Å². The highest BCUT2D eigenvalue weighted by molar-refractivity contribution is 9.10. The largest absolute Gasteiger partial charge is 0.302 e. The molecule has 0 aliphatic rings. The van der Waals surface area contributed by atoms with Gasteiger partial charge in [0.1, 0.15) is 0 Å². The average molecular weight is 472 g/mol. The van der Waals surface area contributed by atoms with Crippen LogP contribution in [-0.2, 0) is 11.3 Å². The van der Waals surface area contributed by atoms with E-state index in [0.29, 0.717) is 5.16 Å². The van der Waals surface area contributed by atoms with Crippen molar-refractivity contribution in [2.45, 2.75) is 32.5 Å². The molecule has 0 atom stereocenters. The zero-order valence-electron chi connectivity index (χ0n) is 16.5. The van der Waals surface area contributed by atoms with Crippen molar-refractivity contribution in [3.05, 3.63) is 64.1 Å². The first-order valence-corrected chi connectivity index (χ1v) is 11.0. The lowest BCUT2D eigenvalue weighted by atomic mass is 10.1. The number of hydrogen-bond donors (Lipinski definition) is 1. The minimum absolute atomic E-state index is 0.188. The zero-order chi connectivity index (χ0) is 20.8. The number of benzene rings is 2. The fraction of sp³-hybridized carbons (Fsp3) is 0.238. The smallest absolute Gasteiger partial charge is 0.250 e. The van der Waals surface area contributed by atoms with Crippen molar-refractivity contribution in [3.8, 4) is 11.4 Å². The predicted molar refractivity (Wildman–Crippen MR) is 121 cm³/mol. The Hall–Kier alpha value is -2.45. The normalized spacial score (nSPS) is 11.5. The molecule has 1 heterocycles. The fourth-order valence-electron chi connectivity index (χ4n) is 2.68. The second-order valence-electron chi connectivity index (χ2n) is 6.45. The highest BCUT2D eigenvalue weighted by Gasteiger charge is 2.14. The molecular formula is C21H22BrN5OS. The monoisotopic (exact) mass is 471 g/mol. The van der Waals surface area contributed by atoms with Crippen LogP contribution in [0.2, 0.25) is 0 Å². The van der Waals surface area contributed by atoms with Crippen molar-refractivity contribution < 1.29 is 4.79 Å². The second-order valence-corrected chi connectivity index (χ2v) is 8.31. The summed E-state index contributed by atoms with van der Waals surface area (Å²) in [5.41, 5.74) is 6.50. The van der Waals surface area contributed by atoms with Crippen molar-refractivity contribution in [1.82, 2.24) is 20.2 Å². The SMILES string of the molecule is CCn1c(SCC(=O)N/N=C(\C)c2cccc(Br)c2)nnc1-c1ccc(C)cc1. The molecule has 0 radical (unpaired) electrons. The fourth-order valence-corrected chi connectivity index (χ4v) is 3.88. The van der Waals surface area contributed by atoms with E-state index in [1.807, 2.05) is 54.8 Å². The quantitative estimate of drug-likeness (QED) is 0.308. The van der Waals surface area contributed by atoms with E-state index >= 15 is 0 Å². The molecule has 0 aliphatic carbocycles. The van der Waals surface area contributed by atoms with Crippen LogP contribution in [0.25, 0.3) is 11.4 Å². The van der Waals surface area contributed by atoms with E-state index in [-0.39, 0.29) is 11.7 Å². The summed E-state index contributed by atoms with van der Waals surface area (Å²) in [4.78, 5) is 12.2. The molecule has 0 aliphatic heterocycles. The third-order valence-electron chi connectivity index (χ3n) is 4.27. The number of halogens is 1. The minimum atomic E-state index is -0.188. The maximum atomic E-state index is 12.2. The summed E-state index contributed by atoms with van der Waals surface area (Å²) in [5.74, 6) is 0.826. The predicted octanol–water partition coefficient (Wildman–Crippen LogP) is 4.67. The molecule has 0 bridgehead atoms. The maximum Gasteiger partial charge on any atom is 0.250 e. The molecule has 0 saturated carbocycles. The number of carbonyl (C=O) groups excluding carboxylic acids is 1. The first kappa shape index (κ1) is 21.3. The Balaban J connectivity index is 1.63. The summed E-state index contributed by atoms with van der Waals surface area (Å²) < 4.78 is 2.98. The third-order valence-corrected chi connectivity index (χ3v) is 5.73. The molecule has 3 aromatic rings. The zero-order valence-corrected chi connectivity index (χ0v) is 18.9. The molecule has 8 heteroatoms. The molecule has 0 fully saturated rings. The van der Waals surface area contributed by atoms with Gasteiger partial charge in [0.15, 0.2) is 11.0 Å². The summed E-state index contributed by atoms with van der Waals surface area (Å²) in [7, 11) is 0. The van der Waals surface area contributed by atoms with Gasteiger partial charge in [-0.25, -0.2) is 5.43 Å². The van der Waals surface area contributed by atoms with Crippen molar-refractivity contribution >= 4 is 39.3 Å². The Kier molecular flexibility index (Phi) is 7.22. The molecule has 29 heavy (non-hydrogen) atoms. The number of aryl methyl sites for hydroxylation is 1. The molecular weight excluding hydrogens is 450 g/mol. The number of thioether (sulfide) groups is 1. The molecule has 0 saturated heterocycles. The van der Waals surface area contributed by atoms with Crippen molar-refractivity contribution in [2.24, 2.45) is 5.10 Å². The van der Waals surface area contributed by atoms with Gasteiger partial charge < -0.3 is 4.57 Å². The van der Waals surface area contributed by atoms with Crippen LogP contribution in [0, 0.1) is 6.92 Å². The molecule has 0 spiro atoms. The van der Waals surface area contributed by atoms with Crippen molar-refractivity contribution in [3.63, 3.8) is 0 Å². The average Bonchev–Trinajstić information content (AvgIpc) is 3.14. The summed E-state index contributed by atoms with van der Waals surface area (Å²) in [5, 5.41) is 13.5. The Morgan fingerprint density at radius 3 is 2.66 bits per heavy atom. The van der Waals surface area contributed by atoms with E-state index in [9.17, 15) is 4.79 Å². The maximum absolute atomic E-state index is 12.2. The van der Waals surface area contributed by atoms with Gasteiger partial charge in [0.05, 0.1) is 11.5 Å². The number of aromatic nitrogens is 3. The van der Waals surface area contributed by atoms with E-state index < -0.39 is 0 Å². The van der Waals surface area contributed by atoms with Gasteiger partial charge in [-0.15, -0.1) is 10.2 Å². The number of nitrogens with one attached hydrogen (secondary N) is 1. The summed E-state index contributed by atoms with van der Waals surface area (Å²) >= 11 is 4.79. The molecule has 6 nitrogen and oxygen atoms in total. The number of hydrazone groups is 1. The number of nitrogens with zero attached hydrogens (tertiary/aromatic N) is 4. The van der Waals surface area contributed by atoms with Gasteiger partial charge in [-0.1, -0.05) is 69.7 Å². The first-order valence-electron chi connectivity index (χ1n) is 9.20. The summed E-state index contributed by atoms with van der Waals surface area (Å²) in [6.45, 7) is 6.67.